The quantitative estimate of drug-likeness (QED) is 0.625. The SMILES string of the molecule is O=C(O)[C@]1(O)Cc2ccccc2C1=O. The van der Waals surface area contributed by atoms with E-state index in [1.807, 2.05) is 0 Å². The number of carbonyl (C=O) groups excluding carboxylic acids is 1. The van der Waals surface area contributed by atoms with Crippen molar-refractivity contribution >= 4 is 11.8 Å². The number of carbonyl (C=O) groups is 2. The molecule has 0 bridgehead atoms. The number of hydrogen-bond donors (Lipinski definition) is 2. The fourth-order valence-electron chi connectivity index (χ4n) is 1.65. The van der Waals surface area contributed by atoms with Crippen LogP contribution in [0.5, 0.6) is 0 Å². The Hall–Kier alpha value is -1.68. The Morgan fingerprint density at radius 3 is 2.57 bits per heavy atom. The fraction of sp³-hybridized carbons (Fsp3) is 0.200. The van der Waals surface area contributed by atoms with E-state index < -0.39 is 17.4 Å². The summed E-state index contributed by atoms with van der Waals surface area (Å²) >= 11 is 0. The molecule has 1 aliphatic rings. The Morgan fingerprint density at radius 2 is 2.00 bits per heavy atom. The number of carboxylic acid groups (broad SMARTS) is 1. The van der Waals surface area contributed by atoms with Crippen LogP contribution in [0.2, 0.25) is 0 Å². The summed E-state index contributed by atoms with van der Waals surface area (Å²) in [5, 5.41) is 18.4. The predicted molar refractivity (Wildman–Crippen MR) is 47.1 cm³/mol. The Bertz CT molecular complexity index is 424. The van der Waals surface area contributed by atoms with E-state index in [2.05, 4.69) is 0 Å². The van der Waals surface area contributed by atoms with E-state index in [9.17, 15) is 14.7 Å². The molecule has 0 amide bonds. The van der Waals surface area contributed by atoms with E-state index in [4.69, 9.17) is 5.11 Å². The summed E-state index contributed by atoms with van der Waals surface area (Å²) in [5.74, 6) is -2.21. The number of rotatable bonds is 1. The lowest BCUT2D eigenvalue weighted by Crippen LogP contribution is -2.44. The van der Waals surface area contributed by atoms with Crippen molar-refractivity contribution in [2.24, 2.45) is 0 Å². The second-order valence-corrected chi connectivity index (χ2v) is 3.33. The maximum absolute atomic E-state index is 11.5. The van der Waals surface area contributed by atoms with E-state index >= 15 is 0 Å². The Kier molecular flexibility index (Phi) is 1.69. The molecule has 0 spiro atoms. The lowest BCUT2D eigenvalue weighted by Gasteiger charge is -2.13. The van der Waals surface area contributed by atoms with Gasteiger partial charge in [0.25, 0.3) is 0 Å². The van der Waals surface area contributed by atoms with Gasteiger partial charge in [-0.1, -0.05) is 24.3 Å². The minimum Gasteiger partial charge on any atom is -0.479 e. The molecule has 0 aromatic heterocycles. The van der Waals surface area contributed by atoms with Gasteiger partial charge in [-0.15, -0.1) is 0 Å². The van der Waals surface area contributed by atoms with Gasteiger partial charge in [0.05, 0.1) is 0 Å². The number of benzene rings is 1. The van der Waals surface area contributed by atoms with Gasteiger partial charge in [-0.25, -0.2) is 4.79 Å². The molecule has 4 heteroatoms. The monoisotopic (exact) mass is 192 g/mol. The minimum atomic E-state index is -2.26. The van der Waals surface area contributed by atoms with Gasteiger partial charge in [0.2, 0.25) is 11.4 Å². The first-order valence-electron chi connectivity index (χ1n) is 4.14. The molecule has 0 unspecified atom stereocenters. The van der Waals surface area contributed by atoms with Gasteiger partial charge in [-0.05, 0) is 5.56 Å². The van der Waals surface area contributed by atoms with E-state index in [0.717, 1.165) is 0 Å². The van der Waals surface area contributed by atoms with Crippen molar-refractivity contribution in [2.45, 2.75) is 12.0 Å². The van der Waals surface area contributed by atoms with Gasteiger partial charge >= 0.3 is 5.97 Å². The molecule has 0 saturated carbocycles. The molecule has 4 nitrogen and oxygen atoms in total. The third-order valence-electron chi connectivity index (χ3n) is 2.44. The van der Waals surface area contributed by atoms with Gasteiger partial charge < -0.3 is 10.2 Å². The van der Waals surface area contributed by atoms with Crippen LogP contribution in [0.15, 0.2) is 24.3 Å². The van der Waals surface area contributed by atoms with Crippen LogP contribution >= 0.6 is 0 Å². The highest BCUT2D eigenvalue weighted by atomic mass is 16.4. The maximum atomic E-state index is 11.5. The molecular weight excluding hydrogens is 184 g/mol. The van der Waals surface area contributed by atoms with Crippen LogP contribution in [0.3, 0.4) is 0 Å². The number of ketones is 1. The summed E-state index contributed by atoms with van der Waals surface area (Å²) < 4.78 is 0. The van der Waals surface area contributed by atoms with Crippen molar-refractivity contribution in [3.05, 3.63) is 35.4 Å². The number of fused-ring (bicyclic) bond motifs is 1. The fourth-order valence-corrected chi connectivity index (χ4v) is 1.65. The molecule has 2 N–H and O–H groups in total. The van der Waals surface area contributed by atoms with Crippen LogP contribution in [0.25, 0.3) is 0 Å². The van der Waals surface area contributed by atoms with Crippen molar-refractivity contribution in [2.75, 3.05) is 0 Å². The highest BCUT2D eigenvalue weighted by Gasteiger charge is 2.50. The van der Waals surface area contributed by atoms with Gasteiger partial charge in [-0.3, -0.25) is 4.79 Å². The third kappa shape index (κ3) is 0.975. The van der Waals surface area contributed by atoms with Crippen LogP contribution in [0, 0.1) is 0 Å². The average Bonchev–Trinajstić information content (AvgIpc) is 2.42. The summed E-state index contributed by atoms with van der Waals surface area (Å²) in [6.07, 6.45) is -0.142. The zero-order valence-electron chi connectivity index (χ0n) is 7.23. The first-order chi connectivity index (χ1) is 6.55. The van der Waals surface area contributed by atoms with Crippen molar-refractivity contribution < 1.29 is 19.8 Å². The molecule has 1 atom stereocenters. The van der Waals surface area contributed by atoms with Crippen LogP contribution in [-0.4, -0.2) is 27.6 Å². The largest absolute Gasteiger partial charge is 0.479 e. The molecule has 0 saturated heterocycles. The molecular formula is C10H8O4. The van der Waals surface area contributed by atoms with Crippen LogP contribution in [-0.2, 0) is 11.2 Å². The lowest BCUT2D eigenvalue weighted by molar-refractivity contribution is -0.152. The first kappa shape index (κ1) is 8.90. The smallest absolute Gasteiger partial charge is 0.344 e. The topological polar surface area (TPSA) is 74.6 Å². The van der Waals surface area contributed by atoms with Crippen molar-refractivity contribution in [3.63, 3.8) is 0 Å². The van der Waals surface area contributed by atoms with E-state index in [1.165, 1.54) is 6.07 Å². The summed E-state index contributed by atoms with van der Waals surface area (Å²) in [4.78, 5) is 22.3. The molecule has 0 aliphatic heterocycles. The summed E-state index contributed by atoms with van der Waals surface area (Å²) in [6, 6.07) is 6.52. The number of carboxylic acids is 1. The molecule has 1 aliphatic carbocycles. The molecule has 1 aromatic carbocycles. The van der Waals surface area contributed by atoms with Crippen molar-refractivity contribution in [1.82, 2.24) is 0 Å². The summed E-state index contributed by atoms with van der Waals surface area (Å²) in [7, 11) is 0. The molecule has 0 fully saturated rings. The normalized spacial score (nSPS) is 24.8. The van der Waals surface area contributed by atoms with Crippen LogP contribution < -0.4 is 0 Å². The van der Waals surface area contributed by atoms with Crippen molar-refractivity contribution in [3.8, 4) is 0 Å². The van der Waals surface area contributed by atoms with Gasteiger partial charge in [0, 0.05) is 12.0 Å². The van der Waals surface area contributed by atoms with Crippen LogP contribution in [0.4, 0.5) is 0 Å². The van der Waals surface area contributed by atoms with Gasteiger partial charge in [-0.2, -0.15) is 0 Å². The lowest BCUT2D eigenvalue weighted by atomic mass is 10.00. The number of aliphatic hydroxyl groups is 1. The zero-order valence-corrected chi connectivity index (χ0v) is 7.23. The Morgan fingerprint density at radius 1 is 1.36 bits per heavy atom. The number of aliphatic carboxylic acids is 1. The second kappa shape index (κ2) is 2.65. The number of hydrogen-bond acceptors (Lipinski definition) is 3. The summed E-state index contributed by atoms with van der Waals surface area (Å²) in [5.41, 5.74) is -1.37. The molecule has 72 valence electrons. The molecule has 2 rings (SSSR count). The second-order valence-electron chi connectivity index (χ2n) is 3.33. The first-order valence-corrected chi connectivity index (χ1v) is 4.14. The van der Waals surface area contributed by atoms with E-state index in [0.29, 0.717) is 11.1 Å². The average molecular weight is 192 g/mol. The highest BCUT2D eigenvalue weighted by Crippen LogP contribution is 2.29. The van der Waals surface area contributed by atoms with Gasteiger partial charge in [0.15, 0.2) is 0 Å². The minimum absolute atomic E-state index is 0.142. The zero-order chi connectivity index (χ0) is 10.3. The predicted octanol–water partition coefficient (Wildman–Crippen LogP) is 0.241. The highest BCUT2D eigenvalue weighted by molar-refractivity contribution is 6.18. The van der Waals surface area contributed by atoms with Crippen molar-refractivity contribution in [1.29, 1.82) is 0 Å². The standard InChI is InChI=1S/C10H8O4/c11-8-7-4-2-1-3-6(7)5-10(8,14)9(12)13/h1-4,14H,5H2,(H,12,13)/t10-/m0/s1. The van der Waals surface area contributed by atoms with Crippen LogP contribution in [0.1, 0.15) is 15.9 Å². The molecule has 14 heavy (non-hydrogen) atoms. The molecule has 1 aromatic rings. The molecule has 0 radical (unpaired) electrons. The Labute approximate surface area is 79.8 Å². The maximum Gasteiger partial charge on any atom is 0.344 e. The molecule has 0 heterocycles. The van der Waals surface area contributed by atoms with E-state index in [1.54, 1.807) is 18.2 Å². The van der Waals surface area contributed by atoms with Gasteiger partial charge in [0.1, 0.15) is 0 Å². The van der Waals surface area contributed by atoms with E-state index in [-0.39, 0.29) is 6.42 Å². The third-order valence-corrected chi connectivity index (χ3v) is 2.44. The Balaban J connectivity index is 2.54. The number of Topliss-reactive ketones (excluding diaryl/α,β-unsaturated/α-hetero) is 1. The summed E-state index contributed by atoms with van der Waals surface area (Å²) in [6.45, 7) is 0.